The summed E-state index contributed by atoms with van der Waals surface area (Å²) in [5.74, 6) is -1.40. The Kier molecular flexibility index (Phi) is 5.83. The molecule has 1 aromatic rings. The fraction of sp³-hybridized carbons (Fsp3) is 0.421. The average molecular weight is 406 g/mol. The van der Waals surface area contributed by atoms with Crippen LogP contribution in [0.25, 0.3) is 6.08 Å². The summed E-state index contributed by atoms with van der Waals surface area (Å²) in [6.45, 7) is 0.930. The third kappa shape index (κ3) is 4.78. The minimum absolute atomic E-state index is 0.0488. The number of fused-ring (bicyclic) bond motifs is 1. The molecule has 1 saturated heterocycles. The van der Waals surface area contributed by atoms with Crippen molar-refractivity contribution >= 4 is 33.7 Å². The molecule has 0 radical (unpaired) electrons. The first-order valence-electron chi connectivity index (χ1n) is 8.96. The van der Waals surface area contributed by atoms with Crippen LogP contribution in [0.4, 0.5) is 0 Å². The van der Waals surface area contributed by atoms with E-state index in [1.807, 2.05) is 30.3 Å². The summed E-state index contributed by atoms with van der Waals surface area (Å²) in [5, 5.41) is 2.57. The zero-order valence-corrected chi connectivity index (χ0v) is 16.3. The SMILES string of the molecule is CC(=O)N1C=Cc2ccccc2[C@@H]1CC(=O)OCC(=O)N[C@H]1CCS(=O)(=O)C1. The maximum Gasteiger partial charge on any atom is 0.308 e. The van der Waals surface area contributed by atoms with Gasteiger partial charge in [-0.3, -0.25) is 14.4 Å². The summed E-state index contributed by atoms with van der Waals surface area (Å²) in [4.78, 5) is 37.6. The second-order valence-corrected chi connectivity index (χ2v) is 9.15. The Morgan fingerprint density at radius 1 is 1.25 bits per heavy atom. The first-order chi connectivity index (χ1) is 13.2. The van der Waals surface area contributed by atoms with Crippen LogP contribution in [0.3, 0.4) is 0 Å². The molecule has 0 aromatic heterocycles. The van der Waals surface area contributed by atoms with Crippen molar-refractivity contribution in [3.05, 3.63) is 41.6 Å². The molecule has 2 aliphatic heterocycles. The van der Waals surface area contributed by atoms with Gasteiger partial charge in [0.1, 0.15) is 0 Å². The van der Waals surface area contributed by atoms with Crippen LogP contribution in [0, 0.1) is 0 Å². The van der Waals surface area contributed by atoms with Crippen molar-refractivity contribution < 1.29 is 27.5 Å². The standard InChI is InChI=1S/C19H22N2O6S/c1-13(22)21-8-6-14-4-2-3-5-16(14)17(21)10-19(24)27-11-18(23)20-15-7-9-28(25,26)12-15/h2-6,8,15,17H,7,9-12H2,1H3,(H,20,23)/t15-,17-/m0/s1. The molecule has 2 aliphatic rings. The molecule has 0 spiro atoms. The van der Waals surface area contributed by atoms with Crippen LogP contribution in [0.15, 0.2) is 30.5 Å². The molecule has 2 heterocycles. The van der Waals surface area contributed by atoms with Gasteiger partial charge in [0.2, 0.25) is 5.91 Å². The maximum atomic E-state index is 12.3. The molecule has 2 atom stereocenters. The average Bonchev–Trinajstić information content (AvgIpc) is 2.98. The van der Waals surface area contributed by atoms with E-state index >= 15 is 0 Å². The number of nitrogens with zero attached hydrogens (tertiary/aromatic N) is 1. The summed E-state index contributed by atoms with van der Waals surface area (Å²) in [5.41, 5.74) is 1.75. The molecule has 9 heteroatoms. The topological polar surface area (TPSA) is 110 Å². The molecule has 1 fully saturated rings. The van der Waals surface area contributed by atoms with Crippen molar-refractivity contribution in [2.24, 2.45) is 0 Å². The number of benzene rings is 1. The van der Waals surface area contributed by atoms with Crippen LogP contribution in [-0.4, -0.2) is 55.3 Å². The molecule has 28 heavy (non-hydrogen) atoms. The molecule has 1 aromatic carbocycles. The van der Waals surface area contributed by atoms with Crippen molar-refractivity contribution in [2.45, 2.75) is 31.8 Å². The largest absolute Gasteiger partial charge is 0.456 e. The first kappa shape index (κ1) is 20.1. The highest BCUT2D eigenvalue weighted by atomic mass is 32.2. The number of sulfone groups is 1. The van der Waals surface area contributed by atoms with Crippen LogP contribution in [0.2, 0.25) is 0 Å². The van der Waals surface area contributed by atoms with Gasteiger partial charge in [0.25, 0.3) is 5.91 Å². The lowest BCUT2D eigenvalue weighted by Crippen LogP contribution is -2.38. The van der Waals surface area contributed by atoms with Crippen molar-refractivity contribution in [2.75, 3.05) is 18.1 Å². The van der Waals surface area contributed by atoms with Gasteiger partial charge < -0.3 is 15.0 Å². The lowest BCUT2D eigenvalue weighted by atomic mass is 9.94. The monoisotopic (exact) mass is 406 g/mol. The summed E-state index contributed by atoms with van der Waals surface area (Å²) >= 11 is 0. The highest BCUT2D eigenvalue weighted by Gasteiger charge is 2.30. The van der Waals surface area contributed by atoms with E-state index < -0.39 is 40.4 Å². The quantitative estimate of drug-likeness (QED) is 0.724. The summed E-state index contributed by atoms with van der Waals surface area (Å²) in [6.07, 6.45) is 3.71. The number of carbonyl (C=O) groups excluding carboxylic acids is 3. The summed E-state index contributed by atoms with van der Waals surface area (Å²) in [6, 6.07) is 6.49. The molecule has 1 N–H and O–H groups in total. The number of carbonyl (C=O) groups is 3. The Bertz CT molecular complexity index is 924. The molecule has 2 amide bonds. The van der Waals surface area contributed by atoms with E-state index in [-0.39, 0.29) is 23.8 Å². The Morgan fingerprint density at radius 2 is 2.00 bits per heavy atom. The second-order valence-electron chi connectivity index (χ2n) is 6.92. The molecule has 0 unspecified atom stereocenters. The Labute approximate surface area is 163 Å². The number of amides is 2. The van der Waals surface area contributed by atoms with Gasteiger partial charge in [0, 0.05) is 19.2 Å². The van der Waals surface area contributed by atoms with E-state index in [2.05, 4.69) is 5.32 Å². The molecule has 0 bridgehead atoms. The Morgan fingerprint density at radius 3 is 2.68 bits per heavy atom. The van der Waals surface area contributed by atoms with Crippen molar-refractivity contribution in [3.8, 4) is 0 Å². The molecule has 3 rings (SSSR count). The van der Waals surface area contributed by atoms with E-state index in [4.69, 9.17) is 4.74 Å². The van der Waals surface area contributed by atoms with E-state index in [1.165, 1.54) is 11.8 Å². The lowest BCUT2D eigenvalue weighted by Gasteiger charge is -2.32. The smallest absolute Gasteiger partial charge is 0.308 e. The number of ether oxygens (including phenoxy) is 1. The molecule has 0 saturated carbocycles. The van der Waals surface area contributed by atoms with Crippen molar-refractivity contribution in [1.82, 2.24) is 10.2 Å². The highest BCUT2D eigenvalue weighted by molar-refractivity contribution is 7.91. The number of esters is 1. The molecule has 0 aliphatic carbocycles. The minimum Gasteiger partial charge on any atom is -0.456 e. The van der Waals surface area contributed by atoms with Gasteiger partial charge in [0.15, 0.2) is 16.4 Å². The van der Waals surface area contributed by atoms with Crippen LogP contribution in [0.5, 0.6) is 0 Å². The first-order valence-corrected chi connectivity index (χ1v) is 10.8. The van der Waals surface area contributed by atoms with E-state index in [1.54, 1.807) is 6.20 Å². The van der Waals surface area contributed by atoms with Crippen LogP contribution >= 0.6 is 0 Å². The molecule has 150 valence electrons. The lowest BCUT2D eigenvalue weighted by molar-refractivity contribution is -0.150. The van der Waals surface area contributed by atoms with Crippen LogP contribution in [0.1, 0.15) is 36.9 Å². The van der Waals surface area contributed by atoms with Gasteiger partial charge in [0.05, 0.1) is 24.0 Å². The fourth-order valence-corrected chi connectivity index (χ4v) is 5.13. The van der Waals surface area contributed by atoms with Gasteiger partial charge in [-0.15, -0.1) is 0 Å². The molecule has 8 nitrogen and oxygen atoms in total. The van der Waals surface area contributed by atoms with Crippen molar-refractivity contribution in [3.63, 3.8) is 0 Å². The predicted molar refractivity (Wildman–Crippen MR) is 102 cm³/mol. The third-order valence-corrected chi connectivity index (χ3v) is 6.56. The van der Waals surface area contributed by atoms with Gasteiger partial charge in [-0.2, -0.15) is 0 Å². The van der Waals surface area contributed by atoms with Gasteiger partial charge >= 0.3 is 5.97 Å². The van der Waals surface area contributed by atoms with Crippen LogP contribution < -0.4 is 5.32 Å². The molecular weight excluding hydrogens is 384 g/mol. The fourth-order valence-electron chi connectivity index (χ4n) is 3.45. The summed E-state index contributed by atoms with van der Waals surface area (Å²) < 4.78 is 27.9. The zero-order valence-electron chi connectivity index (χ0n) is 15.5. The predicted octanol–water partition coefficient (Wildman–Crippen LogP) is 0.797. The van der Waals surface area contributed by atoms with E-state index in [9.17, 15) is 22.8 Å². The second kappa shape index (κ2) is 8.14. The minimum atomic E-state index is -3.10. The summed E-state index contributed by atoms with van der Waals surface area (Å²) in [7, 11) is -3.10. The number of rotatable bonds is 5. The van der Waals surface area contributed by atoms with Gasteiger partial charge in [-0.25, -0.2) is 8.42 Å². The van der Waals surface area contributed by atoms with Crippen molar-refractivity contribution in [1.29, 1.82) is 0 Å². The van der Waals surface area contributed by atoms with E-state index in [0.29, 0.717) is 6.42 Å². The number of nitrogens with one attached hydrogen (secondary N) is 1. The Balaban J connectivity index is 1.57. The highest BCUT2D eigenvalue weighted by Crippen LogP contribution is 2.33. The number of hydrogen-bond acceptors (Lipinski definition) is 6. The normalized spacial score (nSPS) is 22.4. The zero-order chi connectivity index (χ0) is 20.3. The van der Waals surface area contributed by atoms with Gasteiger partial charge in [-0.05, 0) is 23.6 Å². The Hall–Kier alpha value is -2.68. The van der Waals surface area contributed by atoms with Crippen LogP contribution in [-0.2, 0) is 29.0 Å². The number of hydrogen-bond donors (Lipinski definition) is 1. The van der Waals surface area contributed by atoms with E-state index in [0.717, 1.165) is 11.1 Å². The third-order valence-electron chi connectivity index (χ3n) is 4.79. The maximum absolute atomic E-state index is 12.3. The van der Waals surface area contributed by atoms with Gasteiger partial charge in [-0.1, -0.05) is 24.3 Å². The molecular formula is C19H22N2O6S.